The van der Waals surface area contributed by atoms with Crippen LogP contribution in [0.5, 0.6) is 5.75 Å². The summed E-state index contributed by atoms with van der Waals surface area (Å²) in [5, 5.41) is 0.518. The molecule has 0 saturated heterocycles. The third kappa shape index (κ3) is 4.93. The van der Waals surface area contributed by atoms with Gasteiger partial charge in [0.2, 0.25) is 0 Å². The lowest BCUT2D eigenvalue weighted by Gasteiger charge is -2.06. The van der Waals surface area contributed by atoms with Gasteiger partial charge in [0.1, 0.15) is 23.9 Å². The highest BCUT2D eigenvalue weighted by molar-refractivity contribution is 9.10. The summed E-state index contributed by atoms with van der Waals surface area (Å²) in [5.41, 5.74) is 1.62. The molecule has 4 aromatic rings. The third-order valence-electron chi connectivity index (χ3n) is 4.40. The lowest BCUT2D eigenvalue weighted by molar-refractivity contribution is 0.104. The summed E-state index contributed by atoms with van der Waals surface area (Å²) in [6.45, 7) is 0.240. The molecule has 0 bridgehead atoms. The van der Waals surface area contributed by atoms with Crippen molar-refractivity contribution in [3.05, 3.63) is 112 Å². The van der Waals surface area contributed by atoms with Crippen molar-refractivity contribution in [2.24, 2.45) is 0 Å². The lowest BCUT2D eigenvalue weighted by Crippen LogP contribution is -1.96. The molecular formula is C24H17BrClNO3. The van der Waals surface area contributed by atoms with E-state index in [0.717, 1.165) is 10.2 Å². The highest BCUT2D eigenvalue weighted by atomic mass is 79.9. The number of benzene rings is 2. The first-order chi connectivity index (χ1) is 14.6. The van der Waals surface area contributed by atoms with Gasteiger partial charge in [-0.05, 0) is 78.9 Å². The van der Waals surface area contributed by atoms with Crippen molar-refractivity contribution >= 4 is 39.4 Å². The Kier molecular flexibility index (Phi) is 6.21. The first-order valence-corrected chi connectivity index (χ1v) is 10.4. The highest BCUT2D eigenvalue weighted by Gasteiger charge is 2.06. The Morgan fingerprint density at radius 2 is 1.83 bits per heavy atom. The predicted octanol–water partition coefficient (Wildman–Crippen LogP) is 6.96. The zero-order valence-corrected chi connectivity index (χ0v) is 18.1. The average molecular weight is 483 g/mol. The summed E-state index contributed by atoms with van der Waals surface area (Å²) in [4.78, 5) is 12.4. The maximum atomic E-state index is 12.4. The molecule has 150 valence electrons. The first-order valence-electron chi connectivity index (χ1n) is 9.21. The standard InChI is InChI=1S/C24H17BrClNO3/c25-18-5-12-24(22(26)15-18)29-16-21-9-8-20(30-21)10-11-23(28)17-3-6-19(7-4-17)27-13-1-2-14-27/h1-15H,16H2/b11-10+. The number of allylic oxidation sites excluding steroid dienone is 1. The van der Waals surface area contributed by atoms with E-state index in [2.05, 4.69) is 15.9 Å². The fourth-order valence-electron chi connectivity index (χ4n) is 2.86. The Balaban J connectivity index is 1.36. The van der Waals surface area contributed by atoms with Crippen molar-refractivity contribution in [1.29, 1.82) is 0 Å². The summed E-state index contributed by atoms with van der Waals surface area (Å²) >= 11 is 9.51. The molecular weight excluding hydrogens is 466 g/mol. The molecule has 0 spiro atoms. The van der Waals surface area contributed by atoms with Crippen LogP contribution in [0.25, 0.3) is 11.8 Å². The number of hydrogen-bond acceptors (Lipinski definition) is 3. The van der Waals surface area contributed by atoms with Crippen LogP contribution in [0.15, 0.2) is 94.1 Å². The number of ketones is 1. The van der Waals surface area contributed by atoms with Crippen LogP contribution in [0.3, 0.4) is 0 Å². The summed E-state index contributed by atoms with van der Waals surface area (Å²) in [6, 6.07) is 20.4. The van der Waals surface area contributed by atoms with Crippen LogP contribution < -0.4 is 4.74 Å². The molecule has 0 N–H and O–H groups in total. The van der Waals surface area contributed by atoms with Gasteiger partial charge < -0.3 is 13.7 Å². The van der Waals surface area contributed by atoms with Gasteiger partial charge in [-0.1, -0.05) is 27.5 Å². The number of nitrogens with zero attached hydrogens (tertiary/aromatic N) is 1. The third-order valence-corrected chi connectivity index (χ3v) is 5.19. The number of hydrogen-bond donors (Lipinski definition) is 0. The van der Waals surface area contributed by atoms with Crippen molar-refractivity contribution in [2.45, 2.75) is 6.61 Å². The second kappa shape index (κ2) is 9.20. The molecule has 2 aromatic heterocycles. The van der Waals surface area contributed by atoms with Gasteiger partial charge in [0.05, 0.1) is 5.02 Å². The van der Waals surface area contributed by atoms with Crippen molar-refractivity contribution < 1.29 is 13.9 Å². The molecule has 4 nitrogen and oxygen atoms in total. The monoisotopic (exact) mass is 481 g/mol. The zero-order chi connectivity index (χ0) is 20.9. The topological polar surface area (TPSA) is 44.4 Å². The van der Waals surface area contributed by atoms with E-state index in [1.165, 1.54) is 6.08 Å². The fourth-order valence-corrected chi connectivity index (χ4v) is 3.59. The molecule has 0 fully saturated rings. The summed E-state index contributed by atoms with van der Waals surface area (Å²) in [7, 11) is 0. The number of aromatic nitrogens is 1. The molecule has 0 aliphatic carbocycles. The zero-order valence-electron chi connectivity index (χ0n) is 15.8. The normalized spacial score (nSPS) is 11.1. The van der Waals surface area contributed by atoms with Gasteiger partial charge >= 0.3 is 0 Å². The van der Waals surface area contributed by atoms with Gasteiger partial charge in [0.15, 0.2) is 5.78 Å². The van der Waals surface area contributed by atoms with E-state index >= 15 is 0 Å². The van der Waals surface area contributed by atoms with Crippen LogP contribution in [0.4, 0.5) is 0 Å². The van der Waals surface area contributed by atoms with Crippen LogP contribution in [0.1, 0.15) is 21.9 Å². The van der Waals surface area contributed by atoms with Crippen molar-refractivity contribution in [1.82, 2.24) is 4.57 Å². The van der Waals surface area contributed by atoms with Gasteiger partial charge in [0.25, 0.3) is 0 Å². The quantitative estimate of drug-likeness (QED) is 0.211. The largest absolute Gasteiger partial charge is 0.484 e. The number of carbonyl (C=O) groups excluding carboxylic acids is 1. The number of furan rings is 1. The van der Waals surface area contributed by atoms with Crippen molar-refractivity contribution in [3.8, 4) is 11.4 Å². The maximum Gasteiger partial charge on any atom is 0.185 e. The van der Waals surface area contributed by atoms with Gasteiger partial charge in [-0.25, -0.2) is 0 Å². The second-order valence-electron chi connectivity index (χ2n) is 6.50. The highest BCUT2D eigenvalue weighted by Crippen LogP contribution is 2.28. The van der Waals surface area contributed by atoms with E-state index in [4.69, 9.17) is 20.8 Å². The molecule has 2 heterocycles. The van der Waals surface area contributed by atoms with Crippen LogP contribution >= 0.6 is 27.5 Å². The van der Waals surface area contributed by atoms with E-state index in [9.17, 15) is 4.79 Å². The average Bonchev–Trinajstić information content (AvgIpc) is 3.44. The fraction of sp³-hybridized carbons (Fsp3) is 0.0417. The molecule has 0 amide bonds. The summed E-state index contributed by atoms with van der Waals surface area (Å²) in [5.74, 6) is 1.70. The van der Waals surface area contributed by atoms with Gasteiger partial charge in [-0.2, -0.15) is 0 Å². The van der Waals surface area contributed by atoms with Crippen LogP contribution in [0.2, 0.25) is 5.02 Å². The first kappa shape index (κ1) is 20.3. The van der Waals surface area contributed by atoms with E-state index < -0.39 is 0 Å². The molecule has 2 aromatic carbocycles. The Labute approximate surface area is 187 Å². The molecule has 6 heteroatoms. The minimum Gasteiger partial charge on any atom is -0.484 e. The number of ether oxygens (including phenoxy) is 1. The smallest absolute Gasteiger partial charge is 0.185 e. The van der Waals surface area contributed by atoms with E-state index in [1.807, 2.05) is 65.5 Å². The Morgan fingerprint density at radius 1 is 1.07 bits per heavy atom. The van der Waals surface area contributed by atoms with Crippen molar-refractivity contribution in [3.63, 3.8) is 0 Å². The molecule has 0 aliphatic rings. The van der Waals surface area contributed by atoms with E-state index in [0.29, 0.717) is 27.9 Å². The molecule has 0 saturated carbocycles. The van der Waals surface area contributed by atoms with Crippen LogP contribution in [-0.4, -0.2) is 10.4 Å². The minimum atomic E-state index is -0.0927. The Bertz CT molecular complexity index is 1180. The molecule has 0 unspecified atom stereocenters. The predicted molar refractivity (Wildman–Crippen MR) is 121 cm³/mol. The molecule has 0 atom stereocenters. The van der Waals surface area contributed by atoms with Crippen LogP contribution in [0, 0.1) is 0 Å². The van der Waals surface area contributed by atoms with Gasteiger partial charge in [-0.15, -0.1) is 0 Å². The van der Waals surface area contributed by atoms with Crippen molar-refractivity contribution in [2.75, 3.05) is 0 Å². The van der Waals surface area contributed by atoms with Gasteiger partial charge in [0, 0.05) is 28.1 Å². The second-order valence-corrected chi connectivity index (χ2v) is 7.83. The Morgan fingerprint density at radius 3 is 2.57 bits per heavy atom. The summed E-state index contributed by atoms with van der Waals surface area (Å²) < 4.78 is 14.3. The van der Waals surface area contributed by atoms with Crippen LogP contribution in [-0.2, 0) is 6.61 Å². The molecule has 0 aliphatic heterocycles. The summed E-state index contributed by atoms with van der Waals surface area (Å²) in [6.07, 6.45) is 7.07. The Hall–Kier alpha value is -3.02. The molecule has 0 radical (unpaired) electrons. The molecule has 4 rings (SSSR count). The van der Waals surface area contributed by atoms with Gasteiger partial charge in [-0.3, -0.25) is 4.79 Å². The number of carbonyl (C=O) groups is 1. The maximum absolute atomic E-state index is 12.4. The molecule has 30 heavy (non-hydrogen) atoms. The minimum absolute atomic E-state index is 0.0927. The van der Waals surface area contributed by atoms with E-state index in [-0.39, 0.29) is 12.4 Å². The number of halogens is 2. The number of rotatable bonds is 7. The lowest BCUT2D eigenvalue weighted by atomic mass is 10.1. The van der Waals surface area contributed by atoms with E-state index in [1.54, 1.807) is 24.3 Å². The SMILES string of the molecule is O=C(/C=C/c1ccc(COc2ccc(Br)cc2Cl)o1)c1ccc(-n2cccc2)cc1.